The maximum Gasteiger partial charge on any atom is 0.297 e. The number of nitrogens with zero attached hydrogens (tertiary/aromatic N) is 3. The van der Waals surface area contributed by atoms with Crippen molar-refractivity contribution in [2.75, 3.05) is 23.1 Å². The number of anilines is 1. The molecule has 11 heteroatoms. The van der Waals surface area contributed by atoms with Gasteiger partial charge >= 0.3 is 0 Å². The maximum absolute atomic E-state index is 12.5. The molecule has 0 radical (unpaired) electrons. The lowest BCUT2D eigenvalue weighted by atomic mass is 10.1. The fourth-order valence-electron chi connectivity index (χ4n) is 3.05. The Morgan fingerprint density at radius 1 is 1.28 bits per heavy atom. The third-order valence-electron chi connectivity index (χ3n) is 4.68. The zero-order valence-electron chi connectivity index (χ0n) is 15.8. The Hall–Kier alpha value is -2.27. The van der Waals surface area contributed by atoms with Crippen molar-refractivity contribution in [3.63, 3.8) is 0 Å². The van der Waals surface area contributed by atoms with E-state index < -0.39 is 33.7 Å². The summed E-state index contributed by atoms with van der Waals surface area (Å²) in [5, 5.41) is 13.4. The lowest BCUT2D eigenvalue weighted by Crippen LogP contribution is -2.40. The van der Waals surface area contributed by atoms with E-state index in [0.29, 0.717) is 24.3 Å². The van der Waals surface area contributed by atoms with Crippen molar-refractivity contribution in [3.05, 3.63) is 50.9 Å². The number of carbonyl (C=O) groups excluding carboxylic acids is 1. The third kappa shape index (κ3) is 4.67. The van der Waals surface area contributed by atoms with Crippen LogP contribution in [0, 0.1) is 0 Å². The van der Waals surface area contributed by atoms with Crippen LogP contribution in [0.5, 0.6) is 5.75 Å². The van der Waals surface area contributed by atoms with Crippen LogP contribution in [0.3, 0.4) is 0 Å². The Morgan fingerprint density at radius 2 is 1.97 bits per heavy atom. The van der Waals surface area contributed by atoms with Gasteiger partial charge in [0.15, 0.2) is 5.69 Å². The van der Waals surface area contributed by atoms with Crippen molar-refractivity contribution in [3.8, 4) is 5.75 Å². The first-order valence-electron chi connectivity index (χ1n) is 9.07. The molecule has 9 nitrogen and oxygen atoms in total. The molecule has 0 saturated carbocycles. The van der Waals surface area contributed by atoms with Crippen LogP contribution in [0.15, 0.2) is 29.1 Å². The summed E-state index contributed by atoms with van der Waals surface area (Å²) in [4.78, 5) is 29.0. The minimum Gasteiger partial charge on any atom is -0.501 e. The van der Waals surface area contributed by atoms with Gasteiger partial charge in [-0.1, -0.05) is 23.7 Å². The molecule has 0 atom stereocenters. The van der Waals surface area contributed by atoms with Gasteiger partial charge < -0.3 is 10.4 Å². The molecule has 4 N–H and O–H groups in total. The first kappa shape index (κ1) is 21.4. The van der Waals surface area contributed by atoms with E-state index >= 15 is 0 Å². The molecule has 0 unspecified atom stereocenters. The van der Waals surface area contributed by atoms with Gasteiger partial charge in [-0.2, -0.15) is 0 Å². The van der Waals surface area contributed by atoms with Crippen molar-refractivity contribution in [2.45, 2.75) is 19.3 Å². The van der Waals surface area contributed by atoms with Crippen LogP contribution in [-0.4, -0.2) is 48.5 Å². The molecule has 29 heavy (non-hydrogen) atoms. The van der Waals surface area contributed by atoms with Crippen LogP contribution in [0.2, 0.25) is 5.02 Å². The van der Waals surface area contributed by atoms with E-state index in [4.69, 9.17) is 11.6 Å². The van der Waals surface area contributed by atoms with E-state index in [1.54, 1.807) is 12.1 Å². The van der Waals surface area contributed by atoms with Crippen LogP contribution >= 0.6 is 22.4 Å². The number of carbonyl (C=O) groups is 1. The predicted octanol–water partition coefficient (Wildman–Crippen LogP) is 2.38. The number of halogens is 1. The van der Waals surface area contributed by atoms with Crippen LogP contribution in [-0.2, 0) is 13.5 Å². The first-order chi connectivity index (χ1) is 13.7. The summed E-state index contributed by atoms with van der Waals surface area (Å²) in [7, 11) is -1.78. The Kier molecular flexibility index (Phi) is 6.37. The van der Waals surface area contributed by atoms with Crippen molar-refractivity contribution >= 4 is 34.2 Å². The van der Waals surface area contributed by atoms with E-state index in [2.05, 4.69) is 10.3 Å². The Balaban J connectivity index is 1.81. The van der Waals surface area contributed by atoms with Gasteiger partial charge in [-0.15, -0.1) is 10.8 Å². The molecule has 1 amide bonds. The van der Waals surface area contributed by atoms with Crippen LogP contribution in [0.4, 0.5) is 5.95 Å². The highest BCUT2D eigenvalue weighted by Crippen LogP contribution is 2.48. The topological polar surface area (TPSA) is 128 Å². The number of amides is 1. The van der Waals surface area contributed by atoms with Crippen LogP contribution in [0.1, 0.15) is 28.9 Å². The number of benzene rings is 1. The molecule has 0 bridgehead atoms. The fourth-order valence-corrected chi connectivity index (χ4v) is 4.84. The second-order valence-corrected chi connectivity index (χ2v) is 9.30. The number of nitrogens with one attached hydrogen (secondary N) is 1. The monoisotopic (exact) mass is 442 g/mol. The van der Waals surface area contributed by atoms with E-state index in [1.165, 1.54) is 11.4 Å². The average Bonchev–Trinajstić information content (AvgIpc) is 2.68. The predicted molar refractivity (Wildman–Crippen MR) is 113 cm³/mol. The van der Waals surface area contributed by atoms with Gasteiger partial charge in [0.1, 0.15) is 0 Å². The van der Waals surface area contributed by atoms with Crippen molar-refractivity contribution in [1.82, 2.24) is 14.9 Å². The molecule has 1 aromatic carbocycles. The molecule has 1 fully saturated rings. The largest absolute Gasteiger partial charge is 0.501 e. The molecule has 1 aliphatic heterocycles. The number of aromatic hydroxyl groups is 1. The van der Waals surface area contributed by atoms with Crippen LogP contribution in [0.25, 0.3) is 0 Å². The lowest BCUT2D eigenvalue weighted by molar-refractivity contribution is 0.0945. The SMILES string of the molecule is Cn1c(N2CCCCS2(O)O)nc(C(=O)NCCc2ccc(Cl)cc2)c(O)c1=O. The second-order valence-electron chi connectivity index (χ2n) is 6.75. The highest BCUT2D eigenvalue weighted by molar-refractivity contribution is 8.25. The van der Waals surface area contributed by atoms with E-state index in [9.17, 15) is 23.8 Å². The van der Waals surface area contributed by atoms with Gasteiger partial charge in [0.25, 0.3) is 11.5 Å². The van der Waals surface area contributed by atoms with Gasteiger partial charge in [0, 0.05) is 25.2 Å². The molecular formula is C18H23ClN4O5S. The van der Waals surface area contributed by atoms with Gasteiger partial charge in [0.05, 0.1) is 5.75 Å². The number of hydrogen-bond donors (Lipinski definition) is 4. The maximum atomic E-state index is 12.5. The molecule has 1 aromatic heterocycles. The Bertz CT molecular complexity index is 964. The summed E-state index contributed by atoms with van der Waals surface area (Å²) in [5.74, 6) is -1.40. The van der Waals surface area contributed by atoms with E-state index in [-0.39, 0.29) is 24.8 Å². The summed E-state index contributed by atoms with van der Waals surface area (Å²) >= 11 is 5.84. The normalized spacial score (nSPS) is 17.0. The zero-order valence-corrected chi connectivity index (χ0v) is 17.4. The summed E-state index contributed by atoms with van der Waals surface area (Å²) < 4.78 is 22.9. The van der Waals surface area contributed by atoms with E-state index in [1.807, 2.05) is 12.1 Å². The number of aromatic nitrogens is 2. The van der Waals surface area contributed by atoms with E-state index in [0.717, 1.165) is 10.1 Å². The molecular weight excluding hydrogens is 420 g/mol. The first-order valence-corrected chi connectivity index (χ1v) is 11.1. The van der Waals surface area contributed by atoms with Crippen molar-refractivity contribution < 1.29 is 19.0 Å². The lowest BCUT2D eigenvalue weighted by Gasteiger charge is -2.46. The molecule has 1 aliphatic rings. The highest BCUT2D eigenvalue weighted by Gasteiger charge is 2.31. The minimum atomic E-state index is -3.14. The fraction of sp³-hybridized carbons (Fsp3) is 0.389. The molecule has 2 aromatic rings. The van der Waals surface area contributed by atoms with Gasteiger partial charge in [-0.25, -0.2) is 9.29 Å². The second kappa shape index (κ2) is 8.62. The standard InChI is InChI=1S/C18H23ClN4O5S/c1-22-17(26)15(24)14(21-18(22)23-10-2-3-11-29(23,27)28)16(25)20-9-8-12-4-6-13(19)7-5-12/h4-7,24,27-28H,2-3,8-11H2,1H3,(H,20,25). The van der Waals surface area contributed by atoms with Gasteiger partial charge in [-0.05, 0) is 37.0 Å². The smallest absolute Gasteiger partial charge is 0.297 e. The Labute approximate surface area is 174 Å². The molecule has 1 saturated heterocycles. The highest BCUT2D eigenvalue weighted by atomic mass is 35.5. The van der Waals surface area contributed by atoms with Crippen molar-refractivity contribution in [2.24, 2.45) is 7.05 Å². The molecule has 158 valence electrons. The van der Waals surface area contributed by atoms with Crippen LogP contribution < -0.4 is 15.2 Å². The van der Waals surface area contributed by atoms with Gasteiger partial charge in [0.2, 0.25) is 11.7 Å². The summed E-state index contributed by atoms with van der Waals surface area (Å²) in [5.41, 5.74) is -0.322. The quantitative estimate of drug-likeness (QED) is 0.559. The zero-order chi connectivity index (χ0) is 21.2. The van der Waals surface area contributed by atoms with Crippen molar-refractivity contribution in [1.29, 1.82) is 0 Å². The summed E-state index contributed by atoms with van der Waals surface area (Å²) in [6.45, 7) is 0.538. The Morgan fingerprint density at radius 3 is 2.62 bits per heavy atom. The number of rotatable bonds is 5. The minimum absolute atomic E-state index is 0.0599. The molecule has 0 spiro atoms. The van der Waals surface area contributed by atoms with Gasteiger partial charge in [-0.3, -0.25) is 23.3 Å². The third-order valence-corrected chi connectivity index (χ3v) is 6.82. The summed E-state index contributed by atoms with van der Waals surface area (Å²) in [6, 6.07) is 7.16. The number of hydrogen-bond acceptors (Lipinski definition) is 7. The molecule has 3 rings (SSSR count). The molecule has 2 heterocycles. The summed E-state index contributed by atoms with van der Waals surface area (Å²) in [6.07, 6.45) is 1.85. The average molecular weight is 443 g/mol. The molecule has 0 aliphatic carbocycles.